The lowest BCUT2D eigenvalue weighted by molar-refractivity contribution is 1.18. The van der Waals surface area contributed by atoms with Crippen LogP contribution in [0.3, 0.4) is 0 Å². The van der Waals surface area contributed by atoms with E-state index in [9.17, 15) is 10.5 Å². The predicted molar refractivity (Wildman–Crippen MR) is 291 cm³/mol. The van der Waals surface area contributed by atoms with Gasteiger partial charge in [-0.3, -0.25) is 0 Å². The lowest BCUT2D eigenvalue weighted by atomic mass is 9.82. The second-order valence-electron chi connectivity index (χ2n) is 18.5. The molecule has 70 heavy (non-hydrogen) atoms. The molecule has 2 aromatic heterocycles. The normalized spacial score (nSPS) is 12.0. The SMILES string of the molecule is N#Cc1ccc2c3c1ccc1c(-c4ccc(-c5c6ccccc6c(-c6ccc7c8c6ccc6c(C#N)ccc(c68)n7-c6ccccc6)c6ccccc56)c5ccccc45)ccc(c13)n2-c1ccccc1. The van der Waals surface area contributed by atoms with Crippen molar-refractivity contribution >= 4 is 97.5 Å². The van der Waals surface area contributed by atoms with E-state index in [2.05, 4.69) is 228 Å². The Morgan fingerprint density at radius 2 is 0.543 bits per heavy atom. The summed E-state index contributed by atoms with van der Waals surface area (Å²) in [5.74, 6) is 0. The van der Waals surface area contributed by atoms with Crippen LogP contribution in [0, 0.1) is 22.7 Å². The summed E-state index contributed by atoms with van der Waals surface area (Å²) < 4.78 is 4.68. The van der Waals surface area contributed by atoms with E-state index in [0.29, 0.717) is 11.1 Å². The number of aromatic nitrogens is 2. The fourth-order valence-electron chi connectivity index (χ4n) is 12.3. The van der Waals surface area contributed by atoms with E-state index in [0.717, 1.165) is 71.3 Å². The van der Waals surface area contributed by atoms with E-state index in [1.54, 1.807) is 0 Å². The summed E-state index contributed by atoms with van der Waals surface area (Å²) in [6, 6.07) is 83.4. The molecule has 0 aliphatic rings. The van der Waals surface area contributed by atoms with Gasteiger partial charge in [-0.15, -0.1) is 0 Å². The highest BCUT2D eigenvalue weighted by Gasteiger charge is 2.26. The Bertz CT molecular complexity index is 4710. The highest BCUT2D eigenvalue weighted by molar-refractivity contribution is 6.32. The Balaban J connectivity index is 0.980. The van der Waals surface area contributed by atoms with Crippen LogP contribution >= 0.6 is 0 Å². The summed E-state index contributed by atoms with van der Waals surface area (Å²) in [4.78, 5) is 0. The van der Waals surface area contributed by atoms with Crippen molar-refractivity contribution in [2.24, 2.45) is 0 Å². The Morgan fingerprint density at radius 1 is 0.243 bits per heavy atom. The van der Waals surface area contributed by atoms with Crippen molar-refractivity contribution in [2.75, 3.05) is 0 Å². The molecule has 0 N–H and O–H groups in total. The highest BCUT2D eigenvalue weighted by Crippen LogP contribution is 2.51. The van der Waals surface area contributed by atoms with Gasteiger partial charge in [-0.2, -0.15) is 10.5 Å². The average Bonchev–Trinajstić information content (AvgIpc) is 3.96. The Kier molecular flexibility index (Phi) is 7.88. The molecule has 0 bridgehead atoms. The molecule has 0 amide bonds. The molecule has 0 aliphatic heterocycles. The van der Waals surface area contributed by atoms with E-state index in [4.69, 9.17) is 0 Å². The van der Waals surface area contributed by atoms with Gasteiger partial charge in [0.1, 0.15) is 0 Å². The van der Waals surface area contributed by atoms with Crippen molar-refractivity contribution in [1.29, 1.82) is 10.5 Å². The van der Waals surface area contributed by atoms with Gasteiger partial charge in [-0.05, 0) is 137 Å². The number of fused-ring (bicyclic) bond motifs is 3. The average molecular weight is 885 g/mol. The zero-order valence-electron chi connectivity index (χ0n) is 37.6. The zero-order chi connectivity index (χ0) is 46.2. The van der Waals surface area contributed by atoms with Crippen molar-refractivity contribution in [1.82, 2.24) is 9.13 Å². The van der Waals surface area contributed by atoms with Gasteiger partial charge >= 0.3 is 0 Å². The number of para-hydroxylation sites is 2. The number of nitriles is 2. The summed E-state index contributed by atoms with van der Waals surface area (Å²) >= 11 is 0. The van der Waals surface area contributed by atoms with E-state index in [1.165, 1.54) is 70.9 Å². The summed E-state index contributed by atoms with van der Waals surface area (Å²) in [6.07, 6.45) is 0. The standard InChI is InChI=1S/C66H36N4/c67-37-39-23-33-57-63-43(39)25-28-54-48(31-35-59(65(54)63)69(57)41-13-3-1-4-14-41)47-27-30-53(46-18-8-7-17-45(46)47)61-49-19-9-11-21-51(49)62(52-22-12-10-20-50(52)61)55-32-36-60-66-56(55)29-26-44-40(38-68)24-34-58(64(44)66)70(60)42-15-5-2-6-16-42/h1-36H. The zero-order valence-corrected chi connectivity index (χ0v) is 37.6. The van der Waals surface area contributed by atoms with Crippen molar-refractivity contribution in [3.05, 3.63) is 230 Å². The first-order valence-corrected chi connectivity index (χ1v) is 23.7. The van der Waals surface area contributed by atoms with Gasteiger partial charge in [0.25, 0.3) is 0 Å². The molecule has 0 aliphatic carbocycles. The van der Waals surface area contributed by atoms with Crippen molar-refractivity contribution < 1.29 is 0 Å². The largest absolute Gasteiger partial charge is 0.309 e. The fourth-order valence-corrected chi connectivity index (χ4v) is 12.3. The van der Waals surface area contributed by atoms with Gasteiger partial charge in [0.05, 0.1) is 45.3 Å². The third-order valence-corrected chi connectivity index (χ3v) is 15.1. The first-order valence-electron chi connectivity index (χ1n) is 23.7. The van der Waals surface area contributed by atoms with Gasteiger partial charge in [-0.25, -0.2) is 0 Å². The molecule has 0 saturated heterocycles. The summed E-state index contributed by atoms with van der Waals surface area (Å²) in [6.45, 7) is 0. The highest BCUT2D eigenvalue weighted by atomic mass is 15.0. The lowest BCUT2D eigenvalue weighted by Gasteiger charge is -2.21. The molecule has 0 atom stereocenters. The summed E-state index contributed by atoms with van der Waals surface area (Å²) in [5.41, 5.74) is 15.1. The maximum absolute atomic E-state index is 10.3. The molecule has 4 heteroatoms. The molecule has 320 valence electrons. The van der Waals surface area contributed by atoms with Crippen LogP contribution in [0.1, 0.15) is 11.1 Å². The Labute approximate surface area is 401 Å². The Hall–Kier alpha value is -9.74. The number of benzene rings is 13. The van der Waals surface area contributed by atoms with Crippen LogP contribution in [-0.4, -0.2) is 9.13 Å². The molecule has 0 unspecified atom stereocenters. The van der Waals surface area contributed by atoms with Crippen LogP contribution < -0.4 is 0 Å². The van der Waals surface area contributed by atoms with Gasteiger partial charge in [0.2, 0.25) is 0 Å². The third kappa shape index (κ3) is 5.06. The van der Waals surface area contributed by atoms with Gasteiger partial charge in [-0.1, -0.05) is 158 Å². The van der Waals surface area contributed by atoms with Crippen molar-refractivity contribution in [3.63, 3.8) is 0 Å². The third-order valence-electron chi connectivity index (χ3n) is 15.1. The predicted octanol–water partition coefficient (Wildman–Crippen LogP) is 17.3. The van der Waals surface area contributed by atoms with Gasteiger partial charge in [0.15, 0.2) is 0 Å². The lowest BCUT2D eigenvalue weighted by Crippen LogP contribution is -1.94. The summed E-state index contributed by atoms with van der Waals surface area (Å²) in [7, 11) is 0. The topological polar surface area (TPSA) is 57.4 Å². The van der Waals surface area contributed by atoms with Crippen LogP contribution in [0.2, 0.25) is 0 Å². The number of nitrogens with zero attached hydrogens (tertiary/aromatic N) is 4. The van der Waals surface area contributed by atoms with Crippen LogP contribution in [0.15, 0.2) is 218 Å². The van der Waals surface area contributed by atoms with E-state index >= 15 is 0 Å². The molecule has 2 heterocycles. The number of hydrogen-bond acceptors (Lipinski definition) is 2. The van der Waals surface area contributed by atoms with Gasteiger partial charge in [0, 0.05) is 43.7 Å². The number of hydrogen-bond donors (Lipinski definition) is 0. The smallest absolute Gasteiger partial charge is 0.0998 e. The molecule has 0 fully saturated rings. The minimum Gasteiger partial charge on any atom is -0.309 e. The molecule has 0 saturated carbocycles. The van der Waals surface area contributed by atoms with Crippen LogP contribution in [0.5, 0.6) is 0 Å². The first-order chi connectivity index (χ1) is 34.7. The Morgan fingerprint density at radius 3 is 1.00 bits per heavy atom. The molecule has 4 nitrogen and oxygen atoms in total. The molecule has 0 spiro atoms. The molecular weight excluding hydrogens is 849 g/mol. The molecule has 0 radical (unpaired) electrons. The molecule has 15 rings (SSSR count). The molecule has 15 aromatic rings. The molecular formula is C66H36N4. The van der Waals surface area contributed by atoms with Gasteiger partial charge < -0.3 is 9.13 Å². The number of rotatable bonds is 5. The monoisotopic (exact) mass is 884 g/mol. The van der Waals surface area contributed by atoms with Crippen molar-refractivity contribution in [3.8, 4) is 56.9 Å². The van der Waals surface area contributed by atoms with Crippen LogP contribution in [-0.2, 0) is 0 Å². The van der Waals surface area contributed by atoms with E-state index in [-0.39, 0.29) is 0 Å². The minimum atomic E-state index is 0.681. The first kappa shape index (κ1) is 38.4. The van der Waals surface area contributed by atoms with Crippen LogP contribution in [0.4, 0.5) is 0 Å². The quantitative estimate of drug-likeness (QED) is 0.128. The minimum absolute atomic E-state index is 0.681. The van der Waals surface area contributed by atoms with Crippen LogP contribution in [0.25, 0.3) is 142 Å². The fraction of sp³-hybridized carbons (Fsp3) is 0. The maximum atomic E-state index is 10.3. The van der Waals surface area contributed by atoms with E-state index in [1.807, 2.05) is 12.1 Å². The van der Waals surface area contributed by atoms with E-state index < -0.39 is 0 Å². The van der Waals surface area contributed by atoms with Crippen molar-refractivity contribution in [2.45, 2.75) is 0 Å². The maximum Gasteiger partial charge on any atom is 0.0998 e. The second-order valence-corrected chi connectivity index (χ2v) is 18.5. The summed E-state index contributed by atoms with van der Waals surface area (Å²) in [5, 5.41) is 36.5. The molecule has 13 aromatic carbocycles. The second kappa shape index (κ2) is 14.4.